The molecule has 8 rings (SSSR count). The number of rotatable bonds is 15. The molecule has 0 saturated carbocycles. The van der Waals surface area contributed by atoms with Crippen LogP contribution >= 0.6 is 23.2 Å². The second kappa shape index (κ2) is 21.0. The zero-order valence-corrected chi connectivity index (χ0v) is 39.0. The van der Waals surface area contributed by atoms with Gasteiger partial charge in [0, 0.05) is 32.7 Å². The van der Waals surface area contributed by atoms with Crippen molar-refractivity contribution in [3.63, 3.8) is 0 Å². The van der Waals surface area contributed by atoms with Gasteiger partial charge in [-0.25, -0.2) is 0 Å². The van der Waals surface area contributed by atoms with Crippen molar-refractivity contribution < 1.29 is 74.3 Å². The lowest BCUT2D eigenvalue weighted by molar-refractivity contribution is -0.153. The summed E-state index contributed by atoms with van der Waals surface area (Å²) in [6, 6.07) is 22.6. The molecule has 2 heterocycles. The van der Waals surface area contributed by atoms with E-state index in [0.717, 1.165) is 0 Å². The number of alkyl halides is 6. The van der Waals surface area contributed by atoms with Gasteiger partial charge in [0.1, 0.15) is 23.0 Å². The van der Waals surface area contributed by atoms with Crippen LogP contribution in [0.3, 0.4) is 0 Å². The van der Waals surface area contributed by atoms with Crippen LogP contribution in [0.25, 0.3) is 21.5 Å². The zero-order chi connectivity index (χ0) is 50.7. The van der Waals surface area contributed by atoms with E-state index in [2.05, 4.69) is 0 Å². The number of ether oxygens (including phenoxy) is 5. The molecule has 70 heavy (non-hydrogen) atoms. The summed E-state index contributed by atoms with van der Waals surface area (Å²) in [6.07, 6.45) is -9.43. The molecule has 2 aliphatic heterocycles. The van der Waals surface area contributed by atoms with Crippen LogP contribution in [0, 0.1) is 0 Å². The van der Waals surface area contributed by atoms with E-state index in [-0.39, 0.29) is 78.4 Å². The summed E-state index contributed by atoms with van der Waals surface area (Å²) in [5.74, 6) is -2.11. The number of carbonyl (C=O) groups excluding carboxylic acids is 3. The molecule has 1 N–H and O–H groups in total. The summed E-state index contributed by atoms with van der Waals surface area (Å²) in [5, 5.41) is 11.1. The Kier molecular flexibility index (Phi) is 15.3. The Bertz CT molecular complexity index is 3020. The maximum absolute atomic E-state index is 13.6. The Hall–Kier alpha value is -6.92. The average Bonchev–Trinajstić information content (AvgIpc) is 3.81. The van der Waals surface area contributed by atoms with E-state index in [1.807, 2.05) is 0 Å². The second-order valence-corrected chi connectivity index (χ2v) is 16.5. The minimum atomic E-state index is -4.60. The number of aliphatic carboxylic acids is 1. The molecule has 2 aliphatic rings. The van der Waals surface area contributed by atoms with Gasteiger partial charge in [-0.1, -0.05) is 83.9 Å². The Morgan fingerprint density at radius 1 is 0.571 bits per heavy atom. The van der Waals surface area contributed by atoms with Crippen LogP contribution < -0.4 is 28.7 Å². The summed E-state index contributed by atoms with van der Waals surface area (Å²) < 4.78 is 105. The van der Waals surface area contributed by atoms with Crippen molar-refractivity contribution in [2.45, 2.75) is 59.1 Å². The summed E-state index contributed by atoms with van der Waals surface area (Å²) in [7, 11) is 0. The van der Waals surface area contributed by atoms with E-state index in [9.17, 15) is 45.5 Å². The van der Waals surface area contributed by atoms with Crippen molar-refractivity contribution in [1.29, 1.82) is 0 Å². The lowest BCUT2D eigenvalue weighted by atomic mass is 9.99. The molecule has 20 heteroatoms. The Morgan fingerprint density at radius 3 is 1.30 bits per heavy atom. The van der Waals surface area contributed by atoms with E-state index in [1.54, 1.807) is 87.5 Å². The fourth-order valence-electron chi connectivity index (χ4n) is 8.26. The number of carboxylic acids is 1. The van der Waals surface area contributed by atoms with Crippen molar-refractivity contribution in [2.24, 2.45) is 0 Å². The highest BCUT2D eigenvalue weighted by molar-refractivity contribution is 6.35. The van der Waals surface area contributed by atoms with Gasteiger partial charge in [-0.15, -0.1) is 0 Å². The third kappa shape index (κ3) is 10.9. The number of esters is 1. The molecule has 12 nitrogen and oxygen atoms in total. The maximum Gasteiger partial charge on any atom is 0.422 e. The minimum Gasteiger partial charge on any atom is -0.493 e. The van der Waals surface area contributed by atoms with Gasteiger partial charge in [0.15, 0.2) is 13.2 Å². The first-order valence-corrected chi connectivity index (χ1v) is 22.4. The molecule has 0 bridgehead atoms. The normalized spacial score (nSPS) is 13.2. The number of carbonyl (C=O) groups is 4. The van der Waals surface area contributed by atoms with Crippen LogP contribution in [0.15, 0.2) is 84.9 Å². The molecule has 2 amide bonds. The van der Waals surface area contributed by atoms with E-state index in [0.29, 0.717) is 66.7 Å². The molecule has 0 radical (unpaired) electrons. The van der Waals surface area contributed by atoms with Gasteiger partial charge in [0.25, 0.3) is 11.8 Å². The summed E-state index contributed by atoms with van der Waals surface area (Å²) >= 11 is 12.9. The van der Waals surface area contributed by atoms with E-state index in [1.165, 1.54) is 28.0 Å². The maximum atomic E-state index is 13.6. The third-order valence-corrected chi connectivity index (χ3v) is 11.5. The van der Waals surface area contributed by atoms with Gasteiger partial charge in [-0.2, -0.15) is 26.3 Å². The quantitative estimate of drug-likeness (QED) is 0.0780. The van der Waals surface area contributed by atoms with Gasteiger partial charge in [0.2, 0.25) is 0 Å². The predicted molar refractivity (Wildman–Crippen MR) is 249 cm³/mol. The summed E-state index contributed by atoms with van der Waals surface area (Å²) in [6.45, 7) is 2.98. The first-order chi connectivity index (χ1) is 33.2. The number of anilines is 2. The predicted octanol–water partition coefficient (Wildman–Crippen LogP) is 11.7. The van der Waals surface area contributed by atoms with Crippen LogP contribution in [0.5, 0.6) is 23.0 Å². The van der Waals surface area contributed by atoms with Crippen LogP contribution in [-0.4, -0.2) is 74.2 Å². The van der Waals surface area contributed by atoms with Crippen molar-refractivity contribution in [3.05, 3.63) is 128 Å². The molecule has 368 valence electrons. The topological polar surface area (TPSA) is 141 Å². The SMILES string of the molecule is CCOC(=O)Cc1ccc(N2Cc3c(c(OCC(F)(F)F)c4ccccc4c3OCC)C2=O)c(Cl)c1.CCOc1c2c(c(OCC(F)(F)F)c3ccccc13)C(=O)N(c1ccc(CC(=O)O)cc1Cl)C2. The number of hydrogen-bond donors (Lipinski definition) is 1. The van der Waals surface area contributed by atoms with Crippen molar-refractivity contribution in [3.8, 4) is 23.0 Å². The van der Waals surface area contributed by atoms with Gasteiger partial charge in [-0.3, -0.25) is 19.2 Å². The Morgan fingerprint density at radius 2 is 0.957 bits per heavy atom. The van der Waals surface area contributed by atoms with Crippen LogP contribution in [0.4, 0.5) is 37.7 Å². The molecule has 0 aromatic heterocycles. The largest absolute Gasteiger partial charge is 0.493 e. The number of carboxylic acid groups (broad SMARTS) is 1. The Labute approximate surface area is 406 Å². The second-order valence-electron chi connectivity index (χ2n) is 15.7. The van der Waals surface area contributed by atoms with E-state index < -0.39 is 49.3 Å². The number of nitrogens with zero attached hydrogens (tertiary/aromatic N) is 2. The lowest BCUT2D eigenvalue weighted by Gasteiger charge is -2.18. The van der Waals surface area contributed by atoms with Crippen molar-refractivity contribution in [2.75, 3.05) is 42.8 Å². The van der Waals surface area contributed by atoms with Gasteiger partial charge in [0.05, 0.1) is 78.3 Å². The highest BCUT2D eigenvalue weighted by Gasteiger charge is 2.41. The molecule has 6 aromatic carbocycles. The highest BCUT2D eigenvalue weighted by Crippen LogP contribution is 2.49. The van der Waals surface area contributed by atoms with Crippen molar-refractivity contribution in [1.82, 2.24) is 0 Å². The smallest absolute Gasteiger partial charge is 0.422 e. The number of fused-ring (bicyclic) bond motifs is 4. The lowest BCUT2D eigenvalue weighted by Crippen LogP contribution is -2.24. The molecular weight excluding hydrogens is 973 g/mol. The van der Waals surface area contributed by atoms with Gasteiger partial charge in [-0.05, 0) is 56.2 Å². The van der Waals surface area contributed by atoms with Gasteiger partial charge < -0.3 is 38.6 Å². The minimum absolute atomic E-state index is 0.00525. The van der Waals surface area contributed by atoms with Crippen LogP contribution in [-0.2, 0) is 40.3 Å². The fraction of sp³-hybridized carbons (Fsp3) is 0.280. The summed E-state index contributed by atoms with van der Waals surface area (Å²) in [4.78, 5) is 52.6. The first-order valence-electron chi connectivity index (χ1n) is 21.6. The number of halogens is 8. The molecule has 0 saturated heterocycles. The molecular formula is C50H42Cl2F6N2O10. The zero-order valence-electron chi connectivity index (χ0n) is 37.5. The summed E-state index contributed by atoms with van der Waals surface area (Å²) in [5.41, 5.74) is 2.49. The van der Waals surface area contributed by atoms with E-state index >= 15 is 0 Å². The van der Waals surface area contributed by atoms with Crippen LogP contribution in [0.1, 0.15) is 63.7 Å². The van der Waals surface area contributed by atoms with Gasteiger partial charge >= 0.3 is 24.3 Å². The number of amides is 2. The molecule has 6 aromatic rings. The van der Waals surface area contributed by atoms with E-state index in [4.69, 9.17) is 52.0 Å². The molecule has 0 aliphatic carbocycles. The highest BCUT2D eigenvalue weighted by atomic mass is 35.5. The van der Waals surface area contributed by atoms with Crippen molar-refractivity contribution >= 4 is 79.9 Å². The Balaban J connectivity index is 0.000000207. The molecule has 0 atom stereocenters. The monoisotopic (exact) mass is 1010 g/mol. The number of benzene rings is 6. The molecule has 0 fully saturated rings. The average molecular weight is 1020 g/mol. The fourth-order valence-corrected chi connectivity index (χ4v) is 8.88. The van der Waals surface area contributed by atoms with Crippen LogP contribution in [0.2, 0.25) is 10.0 Å². The first kappa shape index (κ1) is 50.9. The molecule has 0 unspecified atom stereocenters. The standard InChI is InChI=1S/C26H23ClF3NO5.C24H19ClF3NO5/c1-3-34-21(32)12-15-9-10-20(19(27)11-15)31-13-18-22(25(31)33)24(36-14-26(28,29)30)17-8-6-5-7-16(17)23(18)35-4-2;1-2-33-21-14-5-3-4-6-15(14)22(34-12-24(26,27)28)20-16(21)11-29(23(20)32)18-8-7-13(9-17(18)25)10-19(30)31/h5-11H,3-4,12-14H2,1-2H3;3-9H,2,10-12H2,1H3,(H,30,31). The third-order valence-electron chi connectivity index (χ3n) is 10.9. The number of hydrogen-bond acceptors (Lipinski definition) is 9. The molecule has 0 spiro atoms.